The number of hydrogen-bond donors (Lipinski definition) is 1. The minimum absolute atomic E-state index is 0.253. The summed E-state index contributed by atoms with van der Waals surface area (Å²) in [5.41, 5.74) is 3.29. The SMILES string of the molecule is COc1ccc(C/C(C)=N\NS(=O)(=O)c2cc(C)ccc2C)cc1. The zero-order valence-electron chi connectivity index (χ0n) is 14.3. The van der Waals surface area contributed by atoms with E-state index in [1.807, 2.05) is 37.3 Å². The third-order valence-electron chi connectivity index (χ3n) is 3.61. The second-order valence-electron chi connectivity index (χ2n) is 5.74. The smallest absolute Gasteiger partial charge is 0.276 e. The van der Waals surface area contributed by atoms with Gasteiger partial charge in [0, 0.05) is 12.1 Å². The molecule has 2 aromatic carbocycles. The highest BCUT2D eigenvalue weighted by Crippen LogP contribution is 2.16. The first-order chi connectivity index (χ1) is 11.3. The molecule has 5 nitrogen and oxygen atoms in total. The van der Waals surface area contributed by atoms with Crippen LogP contribution in [0.25, 0.3) is 0 Å². The molecule has 0 aromatic heterocycles. The van der Waals surface area contributed by atoms with E-state index in [0.29, 0.717) is 17.7 Å². The van der Waals surface area contributed by atoms with Gasteiger partial charge in [-0.25, -0.2) is 4.83 Å². The van der Waals surface area contributed by atoms with Crippen LogP contribution in [0.1, 0.15) is 23.6 Å². The Labute approximate surface area is 143 Å². The number of nitrogens with zero attached hydrogens (tertiary/aromatic N) is 1. The minimum Gasteiger partial charge on any atom is -0.497 e. The van der Waals surface area contributed by atoms with E-state index in [1.54, 1.807) is 33.1 Å². The molecule has 0 aliphatic carbocycles. The number of rotatable bonds is 6. The van der Waals surface area contributed by atoms with Crippen molar-refractivity contribution in [2.45, 2.75) is 32.1 Å². The van der Waals surface area contributed by atoms with Crippen molar-refractivity contribution in [2.75, 3.05) is 7.11 Å². The van der Waals surface area contributed by atoms with Crippen molar-refractivity contribution >= 4 is 15.7 Å². The summed E-state index contributed by atoms with van der Waals surface area (Å²) >= 11 is 0. The maximum Gasteiger partial charge on any atom is 0.276 e. The van der Waals surface area contributed by atoms with Crippen LogP contribution in [0.3, 0.4) is 0 Å². The molecule has 128 valence electrons. The molecule has 0 fully saturated rings. The summed E-state index contributed by atoms with van der Waals surface area (Å²) in [7, 11) is -2.05. The maximum atomic E-state index is 12.4. The van der Waals surface area contributed by atoms with Gasteiger partial charge in [0.1, 0.15) is 5.75 Å². The van der Waals surface area contributed by atoms with E-state index >= 15 is 0 Å². The van der Waals surface area contributed by atoms with Crippen molar-refractivity contribution in [3.8, 4) is 5.75 Å². The number of hydrazone groups is 1. The lowest BCUT2D eigenvalue weighted by Gasteiger charge is -2.09. The molecular weight excluding hydrogens is 324 g/mol. The topological polar surface area (TPSA) is 67.8 Å². The van der Waals surface area contributed by atoms with Crippen LogP contribution in [-0.2, 0) is 16.4 Å². The van der Waals surface area contributed by atoms with Gasteiger partial charge in [0.25, 0.3) is 10.0 Å². The fourth-order valence-corrected chi connectivity index (χ4v) is 3.47. The van der Waals surface area contributed by atoms with Crippen LogP contribution in [0.5, 0.6) is 5.75 Å². The molecule has 6 heteroatoms. The third-order valence-corrected chi connectivity index (χ3v) is 4.96. The standard InChI is InChI=1S/C18H22N2O3S/c1-13-5-6-14(2)18(11-13)24(21,22)20-19-15(3)12-16-7-9-17(23-4)10-8-16/h5-11,20H,12H2,1-4H3/b19-15-. The quantitative estimate of drug-likeness (QED) is 0.645. The molecule has 0 bridgehead atoms. The van der Waals surface area contributed by atoms with Crippen molar-refractivity contribution < 1.29 is 13.2 Å². The molecule has 24 heavy (non-hydrogen) atoms. The average Bonchev–Trinajstić information content (AvgIpc) is 2.56. The monoisotopic (exact) mass is 346 g/mol. The van der Waals surface area contributed by atoms with Gasteiger partial charge in [0.15, 0.2) is 0 Å². The Morgan fingerprint density at radius 1 is 1.12 bits per heavy atom. The minimum atomic E-state index is -3.67. The zero-order chi connectivity index (χ0) is 17.7. The van der Waals surface area contributed by atoms with Crippen molar-refractivity contribution in [3.63, 3.8) is 0 Å². The van der Waals surface area contributed by atoms with Gasteiger partial charge in [-0.1, -0.05) is 24.3 Å². The van der Waals surface area contributed by atoms with Crippen LogP contribution >= 0.6 is 0 Å². The van der Waals surface area contributed by atoms with Crippen molar-refractivity contribution in [3.05, 3.63) is 59.2 Å². The summed E-state index contributed by atoms with van der Waals surface area (Å²) < 4.78 is 29.9. The Balaban J connectivity index is 2.11. The van der Waals surface area contributed by atoms with Crippen LogP contribution in [0, 0.1) is 13.8 Å². The number of hydrogen-bond acceptors (Lipinski definition) is 4. The molecule has 0 amide bonds. The van der Waals surface area contributed by atoms with E-state index in [4.69, 9.17) is 4.74 Å². The number of sulfonamides is 1. The summed E-state index contributed by atoms with van der Waals surface area (Å²) in [5, 5.41) is 4.03. The first kappa shape index (κ1) is 18.0. The fraction of sp³-hybridized carbons (Fsp3) is 0.278. The third kappa shape index (κ3) is 4.58. The molecule has 0 unspecified atom stereocenters. The van der Waals surface area contributed by atoms with Gasteiger partial charge in [-0.3, -0.25) is 0 Å². The number of ether oxygens (including phenoxy) is 1. The lowest BCUT2D eigenvalue weighted by Crippen LogP contribution is -2.21. The number of aryl methyl sites for hydroxylation is 2. The molecule has 0 aliphatic rings. The van der Waals surface area contributed by atoms with Crippen molar-refractivity contribution in [1.82, 2.24) is 4.83 Å². The predicted molar refractivity (Wildman–Crippen MR) is 96.0 cm³/mol. The van der Waals surface area contributed by atoms with Crippen LogP contribution in [0.4, 0.5) is 0 Å². The van der Waals surface area contributed by atoms with E-state index in [-0.39, 0.29) is 4.90 Å². The van der Waals surface area contributed by atoms with Crippen LogP contribution in [0.15, 0.2) is 52.5 Å². The summed E-state index contributed by atoms with van der Waals surface area (Å²) in [6.07, 6.45) is 0.555. The Hall–Kier alpha value is -2.34. The highest BCUT2D eigenvalue weighted by atomic mass is 32.2. The first-order valence-corrected chi connectivity index (χ1v) is 9.05. The van der Waals surface area contributed by atoms with E-state index < -0.39 is 10.0 Å². The van der Waals surface area contributed by atoms with Gasteiger partial charge in [0.05, 0.1) is 12.0 Å². The van der Waals surface area contributed by atoms with Gasteiger partial charge in [-0.2, -0.15) is 13.5 Å². The lowest BCUT2D eigenvalue weighted by molar-refractivity contribution is 0.414. The van der Waals surface area contributed by atoms with Crippen molar-refractivity contribution in [1.29, 1.82) is 0 Å². The second-order valence-corrected chi connectivity index (χ2v) is 7.36. The molecule has 0 aliphatic heterocycles. The van der Waals surface area contributed by atoms with Gasteiger partial charge in [0.2, 0.25) is 0 Å². The molecule has 2 rings (SSSR count). The number of methoxy groups -OCH3 is 1. The normalized spacial score (nSPS) is 12.1. The molecule has 1 N–H and O–H groups in total. The van der Waals surface area contributed by atoms with Crippen LogP contribution < -0.4 is 9.57 Å². The molecule has 0 heterocycles. The molecule has 0 atom stereocenters. The van der Waals surface area contributed by atoms with E-state index in [1.165, 1.54) is 0 Å². The molecule has 0 saturated heterocycles. The zero-order valence-corrected chi connectivity index (χ0v) is 15.1. The Bertz CT molecular complexity index is 841. The summed E-state index contributed by atoms with van der Waals surface area (Å²) in [4.78, 5) is 2.57. The largest absolute Gasteiger partial charge is 0.497 e. The lowest BCUT2D eigenvalue weighted by atomic mass is 10.1. The van der Waals surface area contributed by atoms with Gasteiger partial charge < -0.3 is 4.74 Å². The fourth-order valence-electron chi connectivity index (χ4n) is 2.26. The number of benzene rings is 2. The summed E-state index contributed by atoms with van der Waals surface area (Å²) in [5.74, 6) is 0.781. The van der Waals surface area contributed by atoms with Crippen LogP contribution in [-0.4, -0.2) is 21.2 Å². The Kier molecular flexibility index (Phi) is 5.62. The summed E-state index contributed by atoms with van der Waals surface area (Å²) in [6, 6.07) is 12.9. The Morgan fingerprint density at radius 2 is 1.79 bits per heavy atom. The second kappa shape index (κ2) is 7.49. The molecule has 2 aromatic rings. The molecule has 0 spiro atoms. The van der Waals surface area contributed by atoms with E-state index in [2.05, 4.69) is 9.93 Å². The molecule has 0 radical (unpaired) electrons. The Morgan fingerprint density at radius 3 is 2.42 bits per heavy atom. The van der Waals surface area contributed by atoms with Gasteiger partial charge in [-0.15, -0.1) is 0 Å². The maximum absolute atomic E-state index is 12.4. The number of nitrogens with one attached hydrogen (secondary N) is 1. The average molecular weight is 346 g/mol. The van der Waals surface area contributed by atoms with E-state index in [9.17, 15) is 8.42 Å². The molecular formula is C18H22N2O3S. The van der Waals surface area contributed by atoms with Crippen LogP contribution in [0.2, 0.25) is 0 Å². The van der Waals surface area contributed by atoms with Gasteiger partial charge in [-0.05, 0) is 55.7 Å². The highest BCUT2D eigenvalue weighted by molar-refractivity contribution is 7.89. The predicted octanol–water partition coefficient (Wildman–Crippen LogP) is 3.21. The first-order valence-electron chi connectivity index (χ1n) is 7.57. The van der Waals surface area contributed by atoms with Gasteiger partial charge >= 0.3 is 0 Å². The summed E-state index contributed by atoms with van der Waals surface area (Å²) in [6.45, 7) is 5.41. The van der Waals surface area contributed by atoms with E-state index in [0.717, 1.165) is 16.9 Å². The molecule has 0 saturated carbocycles. The van der Waals surface area contributed by atoms with Crippen molar-refractivity contribution in [2.24, 2.45) is 5.10 Å². The highest BCUT2D eigenvalue weighted by Gasteiger charge is 2.16.